The lowest BCUT2D eigenvalue weighted by atomic mass is 9.75. The molecule has 0 spiro atoms. The van der Waals surface area contributed by atoms with Crippen LogP contribution in [0, 0.1) is 5.92 Å². The molecule has 3 N–H and O–H groups in total. The zero-order chi connectivity index (χ0) is 16.4. The minimum atomic E-state index is -1.14. The van der Waals surface area contributed by atoms with Gasteiger partial charge in [-0.15, -0.1) is 0 Å². The molecule has 1 saturated carbocycles. The molecule has 1 aromatic carbocycles. The first-order chi connectivity index (χ1) is 11.1. The van der Waals surface area contributed by atoms with Gasteiger partial charge in [-0.3, -0.25) is 4.79 Å². The number of carboxylic acids is 1. The van der Waals surface area contributed by atoms with Gasteiger partial charge in [0.1, 0.15) is 5.54 Å². The Balaban J connectivity index is 1.85. The first-order valence-electron chi connectivity index (χ1n) is 8.18. The molecule has 0 unspecified atom stereocenters. The number of aliphatic carboxylic acids is 1. The highest BCUT2D eigenvalue weighted by Gasteiger charge is 2.43. The van der Waals surface area contributed by atoms with Gasteiger partial charge in [0.05, 0.1) is 11.1 Å². The number of carbonyl (C=O) groups is 2. The van der Waals surface area contributed by atoms with Crippen molar-refractivity contribution in [2.24, 2.45) is 5.92 Å². The summed E-state index contributed by atoms with van der Waals surface area (Å²) >= 11 is 0. The van der Waals surface area contributed by atoms with E-state index < -0.39 is 11.5 Å². The van der Waals surface area contributed by atoms with Crippen molar-refractivity contribution < 1.29 is 14.7 Å². The van der Waals surface area contributed by atoms with Gasteiger partial charge in [0, 0.05) is 11.6 Å². The molecule has 1 aromatic heterocycles. The van der Waals surface area contributed by atoms with E-state index >= 15 is 0 Å². The smallest absolute Gasteiger partial charge is 0.329 e. The fourth-order valence-electron chi connectivity index (χ4n) is 3.53. The third kappa shape index (κ3) is 2.83. The fraction of sp³-hybridized carbons (Fsp3) is 0.444. The van der Waals surface area contributed by atoms with Crippen molar-refractivity contribution >= 4 is 22.8 Å². The van der Waals surface area contributed by atoms with Crippen molar-refractivity contribution in [2.75, 3.05) is 0 Å². The maximum Gasteiger partial charge on any atom is 0.329 e. The number of hydrogen-bond acceptors (Lipinski definition) is 2. The van der Waals surface area contributed by atoms with Crippen LogP contribution in [-0.4, -0.2) is 27.5 Å². The van der Waals surface area contributed by atoms with E-state index in [2.05, 4.69) is 17.2 Å². The molecule has 0 bridgehead atoms. The van der Waals surface area contributed by atoms with Crippen molar-refractivity contribution in [1.29, 1.82) is 0 Å². The number of aromatic amines is 1. The van der Waals surface area contributed by atoms with Gasteiger partial charge in [-0.2, -0.15) is 0 Å². The minimum absolute atomic E-state index is 0.324. The average Bonchev–Trinajstić information content (AvgIpc) is 3.03. The number of amides is 1. The van der Waals surface area contributed by atoms with Gasteiger partial charge < -0.3 is 15.4 Å². The summed E-state index contributed by atoms with van der Waals surface area (Å²) in [5.74, 6) is -0.694. The van der Waals surface area contributed by atoms with Gasteiger partial charge in [-0.25, -0.2) is 4.79 Å². The lowest BCUT2D eigenvalue weighted by Crippen LogP contribution is -2.56. The van der Waals surface area contributed by atoms with E-state index in [0.717, 1.165) is 30.2 Å². The Labute approximate surface area is 135 Å². The van der Waals surface area contributed by atoms with Gasteiger partial charge in [0.2, 0.25) is 0 Å². The molecular weight excluding hydrogens is 292 g/mol. The van der Waals surface area contributed by atoms with Crippen LogP contribution >= 0.6 is 0 Å². The number of H-pyrrole nitrogens is 1. The standard InChI is InChI=1S/C18H22N2O3/c1-2-12-6-9-18(10-7-12,17(22)23)20-16(21)14-5-3-4-13-8-11-19-15(13)14/h3-5,8,11-12,19H,2,6-7,9-10H2,1H3,(H,20,21)(H,22,23). The van der Waals surface area contributed by atoms with Gasteiger partial charge in [-0.05, 0) is 43.7 Å². The number of aromatic nitrogens is 1. The number of carboxylic acid groups (broad SMARTS) is 1. The molecule has 5 heteroatoms. The first kappa shape index (κ1) is 15.6. The minimum Gasteiger partial charge on any atom is -0.480 e. The Morgan fingerprint density at radius 3 is 2.70 bits per heavy atom. The van der Waals surface area contributed by atoms with Crippen LogP contribution in [0.1, 0.15) is 49.4 Å². The SMILES string of the molecule is CCC1CCC(NC(=O)c2cccc3cc[nH]c23)(C(=O)O)CC1. The molecule has 122 valence electrons. The third-order valence-corrected chi connectivity index (χ3v) is 5.13. The lowest BCUT2D eigenvalue weighted by molar-refractivity contribution is -0.146. The molecule has 1 aliphatic carbocycles. The number of rotatable bonds is 4. The van der Waals surface area contributed by atoms with Crippen molar-refractivity contribution in [3.8, 4) is 0 Å². The van der Waals surface area contributed by atoms with E-state index in [1.165, 1.54) is 0 Å². The summed E-state index contributed by atoms with van der Waals surface area (Å²) in [6.45, 7) is 2.13. The van der Waals surface area contributed by atoms with Gasteiger partial charge in [0.25, 0.3) is 5.91 Å². The van der Waals surface area contributed by atoms with Crippen LogP contribution in [0.5, 0.6) is 0 Å². The second-order valence-corrected chi connectivity index (χ2v) is 6.44. The fourth-order valence-corrected chi connectivity index (χ4v) is 3.53. The van der Waals surface area contributed by atoms with Gasteiger partial charge in [0.15, 0.2) is 0 Å². The largest absolute Gasteiger partial charge is 0.480 e. The van der Waals surface area contributed by atoms with E-state index in [0.29, 0.717) is 24.3 Å². The van der Waals surface area contributed by atoms with Crippen LogP contribution < -0.4 is 5.32 Å². The molecule has 23 heavy (non-hydrogen) atoms. The first-order valence-corrected chi connectivity index (χ1v) is 8.18. The molecule has 0 atom stereocenters. The summed E-state index contributed by atoms with van der Waals surface area (Å²) in [6.07, 6.45) is 5.51. The maximum absolute atomic E-state index is 12.7. The van der Waals surface area contributed by atoms with Crippen molar-refractivity contribution in [2.45, 2.75) is 44.6 Å². The van der Waals surface area contributed by atoms with E-state index in [-0.39, 0.29) is 5.91 Å². The van der Waals surface area contributed by atoms with Crippen LogP contribution in [0.25, 0.3) is 10.9 Å². The predicted molar refractivity (Wildman–Crippen MR) is 88.4 cm³/mol. The van der Waals surface area contributed by atoms with E-state index in [1.807, 2.05) is 18.2 Å². The molecule has 1 aliphatic rings. The Bertz CT molecular complexity index is 727. The molecular formula is C18H22N2O3. The summed E-state index contributed by atoms with van der Waals surface area (Å²) < 4.78 is 0. The molecule has 1 fully saturated rings. The van der Waals surface area contributed by atoms with Crippen LogP contribution in [0.4, 0.5) is 0 Å². The van der Waals surface area contributed by atoms with Gasteiger partial charge in [-0.1, -0.05) is 25.5 Å². The highest BCUT2D eigenvalue weighted by molar-refractivity contribution is 6.07. The summed E-state index contributed by atoms with van der Waals surface area (Å²) in [7, 11) is 0. The number of benzene rings is 1. The highest BCUT2D eigenvalue weighted by atomic mass is 16.4. The Morgan fingerprint density at radius 2 is 2.04 bits per heavy atom. The van der Waals surface area contributed by atoms with E-state index in [4.69, 9.17) is 0 Å². The zero-order valence-corrected chi connectivity index (χ0v) is 13.3. The van der Waals surface area contributed by atoms with Crippen molar-refractivity contribution in [3.05, 3.63) is 36.0 Å². The van der Waals surface area contributed by atoms with Crippen molar-refractivity contribution in [3.63, 3.8) is 0 Å². The summed E-state index contributed by atoms with van der Waals surface area (Å²) in [4.78, 5) is 27.6. The maximum atomic E-state index is 12.7. The normalized spacial score (nSPS) is 24.5. The van der Waals surface area contributed by atoms with E-state index in [1.54, 1.807) is 12.3 Å². The van der Waals surface area contributed by atoms with Crippen LogP contribution in [0.15, 0.2) is 30.5 Å². The molecule has 5 nitrogen and oxygen atoms in total. The number of nitrogens with one attached hydrogen (secondary N) is 2. The monoisotopic (exact) mass is 314 g/mol. The molecule has 0 saturated heterocycles. The van der Waals surface area contributed by atoms with Crippen LogP contribution in [-0.2, 0) is 4.79 Å². The molecule has 2 aromatic rings. The molecule has 0 radical (unpaired) electrons. The van der Waals surface area contributed by atoms with Crippen LogP contribution in [0.3, 0.4) is 0 Å². The van der Waals surface area contributed by atoms with E-state index in [9.17, 15) is 14.7 Å². The van der Waals surface area contributed by atoms with Crippen LogP contribution in [0.2, 0.25) is 0 Å². The summed E-state index contributed by atoms with van der Waals surface area (Å²) in [5.41, 5.74) is 0.0934. The Hall–Kier alpha value is -2.30. The predicted octanol–water partition coefficient (Wildman–Crippen LogP) is 3.32. The molecule has 3 rings (SSSR count). The Kier molecular flexibility index (Phi) is 4.11. The van der Waals surface area contributed by atoms with Crippen molar-refractivity contribution in [1.82, 2.24) is 10.3 Å². The quantitative estimate of drug-likeness (QED) is 0.809. The number of para-hydroxylation sites is 1. The summed E-state index contributed by atoms with van der Waals surface area (Å²) in [6, 6.07) is 7.35. The number of fused-ring (bicyclic) bond motifs is 1. The zero-order valence-electron chi connectivity index (χ0n) is 13.3. The topological polar surface area (TPSA) is 82.2 Å². The average molecular weight is 314 g/mol. The third-order valence-electron chi connectivity index (χ3n) is 5.13. The number of hydrogen-bond donors (Lipinski definition) is 3. The molecule has 1 amide bonds. The molecule has 0 aliphatic heterocycles. The second kappa shape index (κ2) is 6.07. The lowest BCUT2D eigenvalue weighted by Gasteiger charge is -2.37. The number of carbonyl (C=O) groups excluding carboxylic acids is 1. The second-order valence-electron chi connectivity index (χ2n) is 6.44. The Morgan fingerprint density at radius 1 is 1.30 bits per heavy atom. The highest BCUT2D eigenvalue weighted by Crippen LogP contribution is 2.34. The molecule has 1 heterocycles. The van der Waals surface area contributed by atoms with Gasteiger partial charge >= 0.3 is 5.97 Å². The summed E-state index contributed by atoms with van der Waals surface area (Å²) in [5, 5.41) is 13.5.